The Labute approximate surface area is 136 Å². The molecule has 0 aliphatic rings. The summed E-state index contributed by atoms with van der Waals surface area (Å²) < 4.78 is 16.4. The number of carbonyl (C=O) groups is 1. The fraction of sp³-hybridized carbons (Fsp3) is 0.278. The van der Waals surface area contributed by atoms with E-state index in [-0.39, 0.29) is 6.61 Å². The number of esters is 1. The molecule has 0 saturated heterocycles. The van der Waals surface area contributed by atoms with E-state index in [0.717, 1.165) is 5.56 Å². The van der Waals surface area contributed by atoms with Gasteiger partial charge in [0.15, 0.2) is 12.2 Å². The molecular formula is C18H21NO4. The number of carbonyl (C=O) groups excluding carboxylic acids is 1. The molecule has 0 aromatic heterocycles. The summed E-state index contributed by atoms with van der Waals surface area (Å²) in [7, 11) is 1.45. The van der Waals surface area contributed by atoms with E-state index < -0.39 is 18.2 Å². The molecule has 2 unspecified atom stereocenters. The van der Waals surface area contributed by atoms with E-state index in [0.29, 0.717) is 11.4 Å². The summed E-state index contributed by atoms with van der Waals surface area (Å²) in [6.07, 6.45) is -1.55. The molecule has 5 heteroatoms. The maximum absolute atomic E-state index is 12.2. The van der Waals surface area contributed by atoms with Gasteiger partial charge in [0.1, 0.15) is 5.75 Å². The zero-order valence-corrected chi connectivity index (χ0v) is 13.3. The summed E-state index contributed by atoms with van der Waals surface area (Å²) >= 11 is 0. The first-order chi connectivity index (χ1) is 11.2. The molecule has 2 aromatic carbocycles. The van der Waals surface area contributed by atoms with Crippen LogP contribution in [-0.2, 0) is 14.3 Å². The van der Waals surface area contributed by atoms with Gasteiger partial charge in [-0.15, -0.1) is 0 Å². The summed E-state index contributed by atoms with van der Waals surface area (Å²) in [5.74, 6) is 0.0195. The van der Waals surface area contributed by atoms with Crippen molar-refractivity contribution in [3.8, 4) is 5.75 Å². The molecule has 2 atom stereocenters. The van der Waals surface area contributed by atoms with Crippen molar-refractivity contribution in [1.29, 1.82) is 0 Å². The van der Waals surface area contributed by atoms with Gasteiger partial charge in [0.25, 0.3) is 0 Å². The van der Waals surface area contributed by atoms with Gasteiger partial charge < -0.3 is 19.9 Å². The first kappa shape index (κ1) is 16.8. The molecule has 122 valence electrons. The number of benzene rings is 2. The van der Waals surface area contributed by atoms with E-state index in [4.69, 9.17) is 19.9 Å². The van der Waals surface area contributed by atoms with Gasteiger partial charge in [0.05, 0.1) is 12.3 Å². The third-order valence-corrected chi connectivity index (χ3v) is 3.35. The number of ether oxygens (including phenoxy) is 3. The number of nitrogens with two attached hydrogens (primary N) is 1. The van der Waals surface area contributed by atoms with Gasteiger partial charge in [0, 0.05) is 7.11 Å². The van der Waals surface area contributed by atoms with Gasteiger partial charge in [-0.2, -0.15) is 0 Å². The van der Waals surface area contributed by atoms with E-state index in [1.165, 1.54) is 7.11 Å². The van der Waals surface area contributed by atoms with Crippen molar-refractivity contribution in [2.24, 2.45) is 0 Å². The number of nitrogen functional groups attached to an aromatic ring is 1. The molecule has 23 heavy (non-hydrogen) atoms. The summed E-state index contributed by atoms with van der Waals surface area (Å²) in [6.45, 7) is 2.02. The van der Waals surface area contributed by atoms with Crippen molar-refractivity contribution in [1.82, 2.24) is 0 Å². The molecule has 0 fully saturated rings. The van der Waals surface area contributed by atoms with E-state index in [1.807, 2.05) is 42.5 Å². The number of para-hydroxylation sites is 2. The van der Waals surface area contributed by atoms with E-state index >= 15 is 0 Å². The first-order valence-corrected chi connectivity index (χ1v) is 7.43. The van der Waals surface area contributed by atoms with Crippen molar-refractivity contribution in [2.75, 3.05) is 19.5 Å². The van der Waals surface area contributed by atoms with Crippen LogP contribution in [0.4, 0.5) is 5.69 Å². The molecule has 0 heterocycles. The predicted molar refractivity (Wildman–Crippen MR) is 88.1 cm³/mol. The molecular weight excluding hydrogens is 294 g/mol. The minimum Gasteiger partial charge on any atom is -0.480 e. The normalized spacial score (nSPS) is 13.1. The highest BCUT2D eigenvalue weighted by atomic mass is 16.6. The monoisotopic (exact) mass is 315 g/mol. The fourth-order valence-corrected chi connectivity index (χ4v) is 2.24. The van der Waals surface area contributed by atoms with E-state index in [1.54, 1.807) is 19.1 Å². The van der Waals surface area contributed by atoms with Crippen LogP contribution in [0.25, 0.3) is 0 Å². The second kappa shape index (κ2) is 8.19. The van der Waals surface area contributed by atoms with Crippen LogP contribution >= 0.6 is 0 Å². The number of methoxy groups -OCH3 is 1. The molecule has 0 bridgehead atoms. The molecule has 0 aliphatic carbocycles. The second-order valence-corrected chi connectivity index (χ2v) is 4.90. The number of anilines is 1. The van der Waals surface area contributed by atoms with Crippen LogP contribution in [-0.4, -0.2) is 25.8 Å². The molecule has 0 radical (unpaired) electrons. The number of hydrogen-bond acceptors (Lipinski definition) is 5. The van der Waals surface area contributed by atoms with Crippen LogP contribution in [0, 0.1) is 0 Å². The second-order valence-electron chi connectivity index (χ2n) is 4.90. The molecule has 0 spiro atoms. The molecule has 0 saturated carbocycles. The topological polar surface area (TPSA) is 70.8 Å². The smallest absolute Gasteiger partial charge is 0.339 e. The van der Waals surface area contributed by atoms with Crippen LogP contribution in [0.15, 0.2) is 54.6 Å². The van der Waals surface area contributed by atoms with E-state index in [9.17, 15) is 4.79 Å². The van der Waals surface area contributed by atoms with Gasteiger partial charge in [-0.1, -0.05) is 42.5 Å². The molecule has 2 aromatic rings. The quantitative estimate of drug-likeness (QED) is 0.628. The number of hydrogen-bond donors (Lipinski definition) is 1. The third kappa shape index (κ3) is 4.23. The standard InChI is InChI=1S/C18H21NO4/c1-3-22-18(20)17(21-2)16(13-9-5-4-6-10-13)23-15-12-8-7-11-14(15)19/h4-12,16-17H,3,19H2,1-2H3. The van der Waals surface area contributed by atoms with Crippen molar-refractivity contribution in [2.45, 2.75) is 19.1 Å². The lowest BCUT2D eigenvalue weighted by molar-refractivity contribution is -0.161. The maximum atomic E-state index is 12.2. The minimum absolute atomic E-state index is 0.272. The van der Waals surface area contributed by atoms with Crippen LogP contribution in [0.3, 0.4) is 0 Å². The largest absolute Gasteiger partial charge is 0.480 e. The maximum Gasteiger partial charge on any atom is 0.339 e. The van der Waals surface area contributed by atoms with E-state index in [2.05, 4.69) is 0 Å². The van der Waals surface area contributed by atoms with Gasteiger partial charge >= 0.3 is 5.97 Å². The highest BCUT2D eigenvalue weighted by molar-refractivity contribution is 5.76. The highest BCUT2D eigenvalue weighted by Gasteiger charge is 2.33. The zero-order chi connectivity index (χ0) is 16.7. The van der Waals surface area contributed by atoms with Crippen LogP contribution in [0.5, 0.6) is 5.75 Å². The summed E-state index contributed by atoms with van der Waals surface area (Å²) in [5, 5.41) is 0. The molecule has 2 N–H and O–H groups in total. The summed E-state index contributed by atoms with van der Waals surface area (Å²) in [4.78, 5) is 12.2. The summed E-state index contributed by atoms with van der Waals surface area (Å²) in [6, 6.07) is 16.5. The lowest BCUT2D eigenvalue weighted by atomic mass is 10.0. The first-order valence-electron chi connectivity index (χ1n) is 7.43. The van der Waals surface area contributed by atoms with Crippen LogP contribution in [0.2, 0.25) is 0 Å². The SMILES string of the molecule is CCOC(=O)C(OC)C(Oc1ccccc1N)c1ccccc1. The highest BCUT2D eigenvalue weighted by Crippen LogP contribution is 2.30. The molecule has 2 rings (SSSR count). The Morgan fingerprint density at radius 1 is 1.09 bits per heavy atom. The molecule has 0 aliphatic heterocycles. The lowest BCUT2D eigenvalue weighted by Gasteiger charge is -2.26. The Morgan fingerprint density at radius 3 is 2.35 bits per heavy atom. The predicted octanol–water partition coefficient (Wildman–Crippen LogP) is 2.97. The van der Waals surface area contributed by atoms with Crippen molar-refractivity contribution < 1.29 is 19.0 Å². The van der Waals surface area contributed by atoms with Gasteiger partial charge in [-0.05, 0) is 24.6 Å². The average molecular weight is 315 g/mol. The summed E-state index contributed by atoms with van der Waals surface area (Å²) in [5.41, 5.74) is 7.24. The third-order valence-electron chi connectivity index (χ3n) is 3.35. The minimum atomic E-state index is -0.892. The Balaban J connectivity index is 2.35. The fourth-order valence-electron chi connectivity index (χ4n) is 2.24. The van der Waals surface area contributed by atoms with Crippen molar-refractivity contribution in [3.05, 3.63) is 60.2 Å². The Kier molecular flexibility index (Phi) is 6.00. The zero-order valence-electron chi connectivity index (χ0n) is 13.3. The van der Waals surface area contributed by atoms with Crippen LogP contribution < -0.4 is 10.5 Å². The van der Waals surface area contributed by atoms with Gasteiger partial charge in [-0.3, -0.25) is 0 Å². The lowest BCUT2D eigenvalue weighted by Crippen LogP contribution is -2.35. The Bertz CT molecular complexity index is 630. The van der Waals surface area contributed by atoms with Crippen LogP contribution in [0.1, 0.15) is 18.6 Å². The van der Waals surface area contributed by atoms with Crippen molar-refractivity contribution in [3.63, 3.8) is 0 Å². The van der Waals surface area contributed by atoms with Gasteiger partial charge in [0.2, 0.25) is 0 Å². The molecule has 5 nitrogen and oxygen atoms in total. The molecule has 0 amide bonds. The average Bonchev–Trinajstić information content (AvgIpc) is 2.57. The van der Waals surface area contributed by atoms with Crippen molar-refractivity contribution >= 4 is 11.7 Å². The Hall–Kier alpha value is -2.53. The van der Waals surface area contributed by atoms with Gasteiger partial charge in [-0.25, -0.2) is 4.79 Å². The Morgan fingerprint density at radius 2 is 1.74 bits per heavy atom. The number of rotatable bonds is 7.